The topological polar surface area (TPSA) is 92.6 Å². The molecule has 1 aliphatic rings. The van der Waals surface area contributed by atoms with Gasteiger partial charge in [0, 0.05) is 27.3 Å². The van der Waals surface area contributed by atoms with Gasteiger partial charge in [-0.25, -0.2) is 14.8 Å². The van der Waals surface area contributed by atoms with Gasteiger partial charge < -0.3 is 14.6 Å². The molecule has 39 heavy (non-hydrogen) atoms. The lowest BCUT2D eigenvalue weighted by Crippen LogP contribution is -2.25. The van der Waals surface area contributed by atoms with Gasteiger partial charge in [-0.15, -0.1) is 11.3 Å². The minimum Gasteiger partial charge on any atom is -0.491 e. The molecule has 2 aromatic heterocycles. The summed E-state index contributed by atoms with van der Waals surface area (Å²) in [4.78, 5) is 13.2. The molecule has 0 bridgehead atoms. The molecule has 0 spiro atoms. The minimum atomic E-state index is -0.0881. The predicted molar refractivity (Wildman–Crippen MR) is 154 cm³/mol. The molecule has 1 saturated carbocycles. The minimum absolute atomic E-state index is 0.0198. The van der Waals surface area contributed by atoms with Gasteiger partial charge in [0.15, 0.2) is 0 Å². The van der Waals surface area contributed by atoms with Crippen LogP contribution in [0.5, 0.6) is 11.6 Å². The molecule has 5 rings (SSSR count). The van der Waals surface area contributed by atoms with Gasteiger partial charge >= 0.3 is 0 Å². The van der Waals surface area contributed by atoms with E-state index in [2.05, 4.69) is 15.9 Å². The smallest absolute Gasteiger partial charge is 0.256 e. The Morgan fingerprint density at radius 2 is 1.87 bits per heavy atom. The molecule has 196 valence electrons. The van der Waals surface area contributed by atoms with Crippen LogP contribution in [-0.2, 0) is 5.75 Å². The fraction of sp³-hybridized carbons (Fsp3) is 0.241. The molecular formula is C29H23ClN4O3S2. The van der Waals surface area contributed by atoms with Gasteiger partial charge in [-0.3, -0.25) is 0 Å². The second-order valence-corrected chi connectivity index (χ2v) is 11.0. The summed E-state index contributed by atoms with van der Waals surface area (Å²) in [6.07, 6.45) is 2.93. The fourth-order valence-corrected chi connectivity index (χ4v) is 5.91. The summed E-state index contributed by atoms with van der Waals surface area (Å²) < 4.78 is 11.6. The average molecular weight is 575 g/mol. The second-order valence-electron chi connectivity index (χ2n) is 8.75. The van der Waals surface area contributed by atoms with E-state index in [1.165, 1.54) is 11.8 Å². The van der Waals surface area contributed by atoms with Crippen LogP contribution in [0.3, 0.4) is 0 Å². The number of halogens is 1. The van der Waals surface area contributed by atoms with E-state index in [0.29, 0.717) is 38.2 Å². The summed E-state index contributed by atoms with van der Waals surface area (Å²) in [7, 11) is 0. The van der Waals surface area contributed by atoms with Gasteiger partial charge in [-0.2, -0.15) is 5.26 Å². The molecule has 7 nitrogen and oxygen atoms in total. The van der Waals surface area contributed by atoms with Crippen molar-refractivity contribution in [2.45, 2.75) is 36.1 Å². The lowest BCUT2D eigenvalue weighted by Gasteiger charge is -2.27. The van der Waals surface area contributed by atoms with Gasteiger partial charge in [0.25, 0.3) is 5.69 Å². The Labute approximate surface area is 239 Å². The number of hydrogen-bond donors (Lipinski definition) is 1. The molecule has 0 atom stereocenters. The molecule has 0 unspecified atom stereocenters. The molecule has 0 saturated heterocycles. The molecule has 0 radical (unpaired) electrons. The van der Waals surface area contributed by atoms with Crippen LogP contribution in [-0.4, -0.2) is 34.4 Å². The average Bonchev–Trinajstić information content (AvgIpc) is 3.42. The first-order chi connectivity index (χ1) is 19.1. The standard InChI is InChI=1S/C29H23ClN4O3S2/c1-32-26-25(18-7-11-22(12-8-18)36-14-13-35)24(15-31)29(34-27(26)37-23-3-2-4-23)39-17-21-16-38-28(33-21)19-5-9-20(30)10-6-19/h5-12,16,23,35H,2-4,13-14,17H2. The van der Waals surface area contributed by atoms with Crippen molar-refractivity contribution in [1.82, 2.24) is 9.97 Å². The molecule has 1 aliphatic carbocycles. The van der Waals surface area contributed by atoms with Gasteiger partial charge in [-0.05, 0) is 49.1 Å². The fourth-order valence-electron chi connectivity index (χ4n) is 3.98. The highest BCUT2D eigenvalue weighted by molar-refractivity contribution is 7.98. The number of thiazole rings is 1. The predicted octanol–water partition coefficient (Wildman–Crippen LogP) is 7.54. The van der Waals surface area contributed by atoms with Crippen molar-refractivity contribution in [1.29, 1.82) is 5.26 Å². The van der Waals surface area contributed by atoms with Crippen molar-refractivity contribution in [2.24, 2.45) is 0 Å². The first-order valence-electron chi connectivity index (χ1n) is 12.3. The number of thioether (sulfide) groups is 1. The third-order valence-electron chi connectivity index (χ3n) is 6.16. The number of ether oxygens (including phenoxy) is 2. The van der Waals surface area contributed by atoms with Crippen LogP contribution in [0.2, 0.25) is 5.02 Å². The Hall–Kier alpha value is -3.60. The van der Waals surface area contributed by atoms with Crippen LogP contribution in [0.25, 0.3) is 26.5 Å². The zero-order chi connectivity index (χ0) is 27.2. The van der Waals surface area contributed by atoms with Crippen molar-refractivity contribution in [2.75, 3.05) is 13.2 Å². The lowest BCUT2D eigenvalue weighted by molar-refractivity contribution is 0.115. The highest BCUT2D eigenvalue weighted by atomic mass is 35.5. The maximum atomic E-state index is 10.2. The van der Waals surface area contributed by atoms with Gasteiger partial charge in [0.05, 0.1) is 30.5 Å². The normalized spacial score (nSPS) is 12.8. The van der Waals surface area contributed by atoms with Gasteiger partial charge in [0.2, 0.25) is 5.88 Å². The Morgan fingerprint density at radius 1 is 1.13 bits per heavy atom. The van der Waals surface area contributed by atoms with Crippen molar-refractivity contribution in [3.05, 3.63) is 81.6 Å². The SMILES string of the molecule is [C-]#[N+]c1c(OC2CCC2)nc(SCc2csc(-c3ccc(Cl)cc3)n2)c(C#N)c1-c1ccc(OCCO)cc1. The van der Waals surface area contributed by atoms with Crippen LogP contribution in [0.1, 0.15) is 30.5 Å². The second kappa shape index (κ2) is 12.5. The maximum Gasteiger partial charge on any atom is 0.256 e. The first kappa shape index (κ1) is 27.0. The summed E-state index contributed by atoms with van der Waals surface area (Å²) in [6, 6.07) is 17.0. The van der Waals surface area contributed by atoms with E-state index in [1.807, 2.05) is 29.6 Å². The van der Waals surface area contributed by atoms with E-state index in [-0.39, 0.29) is 30.9 Å². The van der Waals surface area contributed by atoms with E-state index in [4.69, 9.17) is 37.7 Å². The molecule has 1 fully saturated rings. The van der Waals surface area contributed by atoms with Crippen molar-refractivity contribution < 1.29 is 14.6 Å². The first-order valence-corrected chi connectivity index (χ1v) is 14.5. The molecule has 10 heteroatoms. The van der Waals surface area contributed by atoms with Crippen LogP contribution >= 0.6 is 34.7 Å². The maximum absolute atomic E-state index is 10.2. The summed E-state index contributed by atoms with van der Waals surface area (Å²) in [6.45, 7) is 8.02. The van der Waals surface area contributed by atoms with Crippen LogP contribution in [0.15, 0.2) is 58.9 Å². The van der Waals surface area contributed by atoms with E-state index in [9.17, 15) is 5.26 Å². The van der Waals surface area contributed by atoms with E-state index < -0.39 is 0 Å². The molecule has 0 amide bonds. The van der Waals surface area contributed by atoms with E-state index in [0.717, 1.165) is 35.5 Å². The van der Waals surface area contributed by atoms with E-state index >= 15 is 0 Å². The molecule has 2 heterocycles. The number of aliphatic hydroxyl groups excluding tert-OH is 1. The number of benzene rings is 2. The van der Waals surface area contributed by atoms with Crippen LogP contribution in [0.4, 0.5) is 5.69 Å². The molecule has 0 aliphatic heterocycles. The summed E-state index contributed by atoms with van der Waals surface area (Å²) in [5, 5.41) is 23.3. The third kappa shape index (κ3) is 6.19. The zero-order valence-electron chi connectivity index (χ0n) is 20.8. The summed E-state index contributed by atoms with van der Waals surface area (Å²) in [5.74, 6) is 1.34. The third-order valence-corrected chi connectivity index (χ3v) is 8.36. The summed E-state index contributed by atoms with van der Waals surface area (Å²) >= 11 is 8.96. The number of aromatic nitrogens is 2. The van der Waals surface area contributed by atoms with Gasteiger partial charge in [0.1, 0.15) is 28.5 Å². The number of aliphatic hydroxyl groups is 1. The zero-order valence-corrected chi connectivity index (χ0v) is 23.2. The molecule has 2 aromatic carbocycles. The Morgan fingerprint density at radius 3 is 2.51 bits per heavy atom. The van der Waals surface area contributed by atoms with Crippen LogP contribution in [0, 0.1) is 17.9 Å². The lowest BCUT2D eigenvalue weighted by atomic mass is 9.96. The Balaban J connectivity index is 1.48. The number of nitrogens with zero attached hydrogens (tertiary/aromatic N) is 4. The quantitative estimate of drug-likeness (QED) is 0.154. The van der Waals surface area contributed by atoms with Crippen LogP contribution < -0.4 is 9.47 Å². The monoisotopic (exact) mass is 574 g/mol. The number of nitriles is 1. The van der Waals surface area contributed by atoms with Crippen molar-refractivity contribution >= 4 is 40.4 Å². The highest BCUT2D eigenvalue weighted by Gasteiger charge is 2.27. The number of hydrogen-bond acceptors (Lipinski definition) is 8. The van der Waals surface area contributed by atoms with Crippen molar-refractivity contribution in [3.63, 3.8) is 0 Å². The molecule has 4 aromatic rings. The number of rotatable bonds is 10. The molecular weight excluding hydrogens is 552 g/mol. The largest absolute Gasteiger partial charge is 0.491 e. The van der Waals surface area contributed by atoms with Crippen molar-refractivity contribution in [3.8, 4) is 39.4 Å². The summed E-state index contributed by atoms with van der Waals surface area (Å²) in [5.41, 5.74) is 3.59. The highest BCUT2D eigenvalue weighted by Crippen LogP contribution is 2.45. The molecule has 1 N–H and O–H groups in total. The van der Waals surface area contributed by atoms with Gasteiger partial charge in [-0.1, -0.05) is 47.6 Å². The number of pyridine rings is 1. The Bertz CT molecular complexity index is 1540. The van der Waals surface area contributed by atoms with E-state index in [1.54, 1.807) is 35.6 Å². The Kier molecular flexibility index (Phi) is 8.65.